The SMILES string of the molecule is CSNc1cc(F)c(C(C)NC(=O)C2COc3ccc(C(F)(F)F)cc3O2)cc1C. The molecule has 0 fully saturated rings. The molecule has 2 aromatic carbocycles. The van der Waals surface area contributed by atoms with Crippen molar-refractivity contribution in [3.05, 3.63) is 52.8 Å². The van der Waals surface area contributed by atoms with Crippen LogP contribution in [0, 0.1) is 12.7 Å². The lowest BCUT2D eigenvalue weighted by molar-refractivity contribution is -0.137. The molecule has 0 bridgehead atoms. The molecule has 2 atom stereocenters. The quantitative estimate of drug-likeness (QED) is 0.510. The maximum absolute atomic E-state index is 14.5. The van der Waals surface area contributed by atoms with Crippen LogP contribution in [0.1, 0.15) is 29.7 Å². The van der Waals surface area contributed by atoms with Crippen LogP contribution in [0.15, 0.2) is 30.3 Å². The molecule has 1 amide bonds. The number of carbonyl (C=O) groups excluding carboxylic acids is 1. The first-order valence-electron chi connectivity index (χ1n) is 9.00. The van der Waals surface area contributed by atoms with Crippen LogP contribution >= 0.6 is 11.9 Å². The third-order valence-electron chi connectivity index (χ3n) is 4.60. The number of fused-ring (bicyclic) bond motifs is 1. The number of rotatable bonds is 5. The van der Waals surface area contributed by atoms with Crippen LogP contribution in [0.4, 0.5) is 23.2 Å². The number of hydrogen-bond acceptors (Lipinski definition) is 5. The highest BCUT2D eigenvalue weighted by molar-refractivity contribution is 7.99. The van der Waals surface area contributed by atoms with Crippen molar-refractivity contribution < 1.29 is 31.8 Å². The van der Waals surface area contributed by atoms with Crippen molar-refractivity contribution in [2.75, 3.05) is 17.6 Å². The van der Waals surface area contributed by atoms with Gasteiger partial charge in [-0.2, -0.15) is 13.2 Å². The van der Waals surface area contributed by atoms with Crippen molar-refractivity contribution in [1.82, 2.24) is 5.32 Å². The third-order valence-corrected chi connectivity index (χ3v) is 5.03. The highest BCUT2D eigenvalue weighted by Crippen LogP contribution is 2.38. The Balaban J connectivity index is 1.72. The van der Waals surface area contributed by atoms with E-state index in [0.29, 0.717) is 5.69 Å². The first-order valence-corrected chi connectivity index (χ1v) is 10.2. The van der Waals surface area contributed by atoms with Crippen LogP contribution in [0.25, 0.3) is 0 Å². The second-order valence-corrected chi connectivity index (χ2v) is 7.41. The lowest BCUT2D eigenvalue weighted by atomic mass is 10.0. The van der Waals surface area contributed by atoms with Crippen molar-refractivity contribution in [2.24, 2.45) is 0 Å². The lowest BCUT2D eigenvalue weighted by Gasteiger charge is -2.27. The number of anilines is 1. The number of halogens is 4. The van der Waals surface area contributed by atoms with Gasteiger partial charge in [-0.1, -0.05) is 11.9 Å². The molecule has 0 saturated heterocycles. The first kappa shape index (κ1) is 22.1. The van der Waals surface area contributed by atoms with Gasteiger partial charge in [-0.05, 0) is 49.7 Å². The number of benzene rings is 2. The number of aryl methyl sites for hydroxylation is 1. The van der Waals surface area contributed by atoms with Crippen LogP contribution in [0.2, 0.25) is 0 Å². The molecule has 2 aromatic rings. The number of hydrogen-bond donors (Lipinski definition) is 2. The largest absolute Gasteiger partial charge is 0.485 e. The molecule has 0 aliphatic carbocycles. The number of amides is 1. The number of ether oxygens (including phenoxy) is 2. The van der Waals surface area contributed by atoms with Gasteiger partial charge in [0.2, 0.25) is 6.10 Å². The fourth-order valence-corrected chi connectivity index (χ4v) is 3.46. The summed E-state index contributed by atoms with van der Waals surface area (Å²) in [5, 5.41) is 2.63. The Morgan fingerprint density at radius 1 is 1.23 bits per heavy atom. The van der Waals surface area contributed by atoms with E-state index in [1.165, 1.54) is 18.0 Å². The Hall–Kier alpha value is -2.62. The summed E-state index contributed by atoms with van der Waals surface area (Å²) in [5.74, 6) is -1.16. The molecule has 2 unspecified atom stereocenters. The zero-order chi connectivity index (χ0) is 22.1. The van der Waals surface area contributed by atoms with Crippen LogP contribution in [0.5, 0.6) is 11.5 Å². The Morgan fingerprint density at radius 3 is 2.63 bits per heavy atom. The first-order chi connectivity index (χ1) is 14.1. The van der Waals surface area contributed by atoms with E-state index in [-0.39, 0.29) is 23.7 Å². The van der Waals surface area contributed by atoms with E-state index in [4.69, 9.17) is 9.47 Å². The Bertz CT molecular complexity index is 952. The Morgan fingerprint density at radius 2 is 1.97 bits per heavy atom. The summed E-state index contributed by atoms with van der Waals surface area (Å²) < 4.78 is 67.0. The molecular weight excluding hydrogens is 424 g/mol. The number of carbonyl (C=O) groups is 1. The van der Waals surface area contributed by atoms with E-state index in [1.54, 1.807) is 13.0 Å². The number of alkyl halides is 3. The summed E-state index contributed by atoms with van der Waals surface area (Å²) >= 11 is 1.33. The Labute approximate surface area is 175 Å². The second-order valence-electron chi connectivity index (χ2n) is 6.80. The highest BCUT2D eigenvalue weighted by atomic mass is 32.2. The minimum Gasteiger partial charge on any atom is -0.485 e. The predicted octanol–water partition coefficient (Wildman–Crippen LogP) is 4.86. The molecule has 2 N–H and O–H groups in total. The van der Waals surface area contributed by atoms with Gasteiger partial charge >= 0.3 is 6.18 Å². The summed E-state index contributed by atoms with van der Waals surface area (Å²) in [6.07, 6.45) is -3.89. The summed E-state index contributed by atoms with van der Waals surface area (Å²) in [6.45, 7) is 3.25. The molecule has 1 heterocycles. The molecule has 3 rings (SSSR count). The standard InChI is InChI=1S/C20H20F4N2O3S/c1-10-6-13(14(21)8-15(10)26-30-3)11(2)25-19(27)18-9-28-16-5-4-12(20(22,23)24)7-17(16)29-18/h4-8,11,18,26H,9H2,1-3H3,(H,25,27). The van der Waals surface area contributed by atoms with Gasteiger partial charge in [0.25, 0.3) is 5.91 Å². The molecule has 10 heteroatoms. The van der Waals surface area contributed by atoms with E-state index in [2.05, 4.69) is 10.0 Å². The molecule has 30 heavy (non-hydrogen) atoms. The van der Waals surface area contributed by atoms with Crippen LogP contribution in [-0.4, -0.2) is 24.9 Å². The normalized spacial score (nSPS) is 16.7. The minimum atomic E-state index is -4.55. The van der Waals surface area contributed by atoms with Gasteiger partial charge in [-0.15, -0.1) is 0 Å². The van der Waals surface area contributed by atoms with E-state index in [0.717, 1.165) is 23.8 Å². The summed E-state index contributed by atoms with van der Waals surface area (Å²) in [6, 6.07) is 5.10. The average Bonchev–Trinajstić information content (AvgIpc) is 2.69. The maximum atomic E-state index is 14.5. The third kappa shape index (κ3) is 4.75. The van der Waals surface area contributed by atoms with Gasteiger partial charge in [-0.3, -0.25) is 4.79 Å². The number of nitrogens with one attached hydrogen (secondary N) is 2. The van der Waals surface area contributed by atoms with Gasteiger partial charge in [-0.25, -0.2) is 4.39 Å². The highest BCUT2D eigenvalue weighted by Gasteiger charge is 2.34. The van der Waals surface area contributed by atoms with E-state index < -0.39 is 35.6 Å². The van der Waals surface area contributed by atoms with Crippen LogP contribution in [-0.2, 0) is 11.0 Å². The molecule has 1 aliphatic rings. The Kier molecular flexibility index (Phi) is 6.35. The van der Waals surface area contributed by atoms with E-state index in [9.17, 15) is 22.4 Å². The summed E-state index contributed by atoms with van der Waals surface area (Å²) in [7, 11) is 0. The van der Waals surface area contributed by atoms with Crippen molar-refractivity contribution in [1.29, 1.82) is 0 Å². The van der Waals surface area contributed by atoms with Crippen LogP contribution < -0.4 is 19.5 Å². The molecule has 1 aliphatic heterocycles. The molecule has 0 spiro atoms. The topological polar surface area (TPSA) is 59.6 Å². The monoisotopic (exact) mass is 444 g/mol. The fraction of sp³-hybridized carbons (Fsp3) is 0.350. The smallest absolute Gasteiger partial charge is 0.416 e. The van der Waals surface area contributed by atoms with Crippen molar-refractivity contribution in [2.45, 2.75) is 32.2 Å². The molecular formula is C20H20F4N2O3S. The predicted molar refractivity (Wildman–Crippen MR) is 106 cm³/mol. The summed E-state index contributed by atoms with van der Waals surface area (Å²) in [5.41, 5.74) is 0.802. The van der Waals surface area contributed by atoms with E-state index >= 15 is 0 Å². The maximum Gasteiger partial charge on any atom is 0.416 e. The average molecular weight is 444 g/mol. The lowest BCUT2D eigenvalue weighted by Crippen LogP contribution is -2.44. The molecule has 0 saturated carbocycles. The van der Waals surface area contributed by atoms with Crippen LogP contribution in [0.3, 0.4) is 0 Å². The van der Waals surface area contributed by atoms with Gasteiger partial charge < -0.3 is 19.5 Å². The van der Waals surface area contributed by atoms with Gasteiger partial charge in [0.15, 0.2) is 11.5 Å². The zero-order valence-electron chi connectivity index (χ0n) is 16.4. The van der Waals surface area contributed by atoms with Gasteiger partial charge in [0, 0.05) is 17.5 Å². The fourth-order valence-electron chi connectivity index (χ4n) is 3.02. The van der Waals surface area contributed by atoms with Gasteiger partial charge in [0.05, 0.1) is 11.6 Å². The van der Waals surface area contributed by atoms with Crippen molar-refractivity contribution >= 4 is 23.5 Å². The van der Waals surface area contributed by atoms with E-state index in [1.807, 2.05) is 13.2 Å². The zero-order valence-corrected chi connectivity index (χ0v) is 17.2. The molecule has 0 aromatic heterocycles. The minimum absolute atomic E-state index is 0.124. The van der Waals surface area contributed by atoms with Crippen molar-refractivity contribution in [3.63, 3.8) is 0 Å². The van der Waals surface area contributed by atoms with Gasteiger partial charge in [0.1, 0.15) is 12.4 Å². The molecule has 0 radical (unpaired) electrons. The second kappa shape index (κ2) is 8.63. The summed E-state index contributed by atoms with van der Waals surface area (Å²) in [4.78, 5) is 12.6. The molecule has 162 valence electrons. The molecule has 5 nitrogen and oxygen atoms in total. The van der Waals surface area contributed by atoms with Crippen molar-refractivity contribution in [3.8, 4) is 11.5 Å².